The Morgan fingerprint density at radius 1 is 0.333 bits per heavy atom. The number of carbonyl (C=O) groups excluding carboxylic acids is 1. The zero-order valence-electron chi connectivity index (χ0n) is 27.5. The molecular weight excluding hydrogens is 625 g/mol. The summed E-state index contributed by atoms with van der Waals surface area (Å²) < 4.78 is 0. The van der Waals surface area contributed by atoms with Gasteiger partial charge in [-0.05, 0) is 70.8 Å². The number of benzene rings is 7. The van der Waals surface area contributed by atoms with Gasteiger partial charge in [0.25, 0.3) is 0 Å². The van der Waals surface area contributed by atoms with Crippen molar-refractivity contribution in [2.24, 2.45) is 0 Å². The number of ketones is 1. The summed E-state index contributed by atoms with van der Waals surface area (Å²) in [6, 6.07) is 61.2. The molecule has 0 unspecified atom stereocenters. The standard InChI is InChI=1S/C46H30N4O/c51-43(31-11-3-1-4-12-31)32-23-25-33(26-24-32)44-47-45-38-17-7-13-34(27-38)36-15-9-21-41(29-36)50(40-19-5-2-6-20-40)42-22-10-16-37(30-42)35-14-8-18-39(28-35)46(48-44)49-45/h1-30H. The van der Waals surface area contributed by atoms with Crippen molar-refractivity contribution in [1.82, 2.24) is 15.0 Å². The van der Waals surface area contributed by atoms with Gasteiger partial charge in [0.2, 0.25) is 0 Å². The van der Waals surface area contributed by atoms with Crippen LogP contribution < -0.4 is 4.90 Å². The smallest absolute Gasteiger partial charge is 0.193 e. The van der Waals surface area contributed by atoms with Gasteiger partial charge < -0.3 is 4.90 Å². The van der Waals surface area contributed by atoms with E-state index in [1.807, 2.05) is 84.9 Å². The highest BCUT2D eigenvalue weighted by Crippen LogP contribution is 2.39. The molecule has 0 spiro atoms. The van der Waals surface area contributed by atoms with Crippen molar-refractivity contribution in [3.63, 3.8) is 0 Å². The Morgan fingerprint density at radius 2 is 0.725 bits per heavy atom. The maximum atomic E-state index is 13.1. The van der Waals surface area contributed by atoms with E-state index in [2.05, 4.69) is 102 Å². The average Bonchev–Trinajstić information content (AvgIpc) is 3.21. The molecule has 7 aromatic carbocycles. The zero-order chi connectivity index (χ0) is 34.1. The lowest BCUT2D eigenvalue weighted by atomic mass is 9.99. The van der Waals surface area contributed by atoms with E-state index in [1.54, 1.807) is 0 Å². The summed E-state index contributed by atoms with van der Waals surface area (Å²) in [7, 11) is 0. The largest absolute Gasteiger partial charge is 0.310 e. The third-order valence-electron chi connectivity index (χ3n) is 9.21. The first-order valence-corrected chi connectivity index (χ1v) is 16.9. The molecule has 5 heteroatoms. The van der Waals surface area contributed by atoms with Crippen molar-refractivity contribution < 1.29 is 4.79 Å². The van der Waals surface area contributed by atoms with E-state index in [4.69, 9.17) is 15.0 Å². The van der Waals surface area contributed by atoms with Gasteiger partial charge in [-0.3, -0.25) is 4.79 Å². The molecule has 0 amide bonds. The van der Waals surface area contributed by atoms with Crippen molar-refractivity contribution in [3.8, 4) is 56.4 Å². The molecule has 51 heavy (non-hydrogen) atoms. The molecule has 240 valence electrons. The quantitative estimate of drug-likeness (QED) is 0.177. The van der Waals surface area contributed by atoms with E-state index in [0.717, 1.165) is 56.0 Å². The summed E-state index contributed by atoms with van der Waals surface area (Å²) in [5.74, 6) is 1.65. The molecule has 0 saturated heterocycles. The molecule has 0 radical (unpaired) electrons. The SMILES string of the molecule is O=C(c1ccccc1)c1ccc(-c2nc3nc(n2)-c2cccc(c2)-c2cccc(c2)N(c2ccccc2)c2cccc(c2)-c2cccc-3c2)cc1. The fraction of sp³-hybridized carbons (Fsp3) is 0. The molecule has 9 rings (SSSR count). The highest BCUT2D eigenvalue weighted by Gasteiger charge is 2.18. The monoisotopic (exact) mass is 654 g/mol. The summed E-state index contributed by atoms with van der Waals surface area (Å²) in [4.78, 5) is 30.5. The van der Waals surface area contributed by atoms with Gasteiger partial charge in [-0.2, -0.15) is 0 Å². The Kier molecular flexibility index (Phi) is 7.56. The molecule has 0 fully saturated rings. The number of anilines is 3. The van der Waals surface area contributed by atoms with Crippen LogP contribution in [0.2, 0.25) is 0 Å². The summed E-state index contributed by atoms with van der Waals surface area (Å²) in [6.45, 7) is 0. The van der Waals surface area contributed by atoms with Crippen LogP contribution in [-0.2, 0) is 0 Å². The second-order valence-corrected chi connectivity index (χ2v) is 12.5. The summed E-state index contributed by atoms with van der Waals surface area (Å²) in [5.41, 5.74) is 11.3. The fourth-order valence-electron chi connectivity index (χ4n) is 6.64. The predicted molar refractivity (Wildman–Crippen MR) is 205 cm³/mol. The second-order valence-electron chi connectivity index (χ2n) is 12.5. The van der Waals surface area contributed by atoms with E-state index in [0.29, 0.717) is 28.6 Å². The summed E-state index contributed by atoms with van der Waals surface area (Å²) in [6.07, 6.45) is 0. The first-order chi connectivity index (χ1) is 25.2. The molecule has 0 atom stereocenters. The average molecular weight is 655 g/mol. The van der Waals surface area contributed by atoms with Crippen LogP contribution in [0.25, 0.3) is 56.4 Å². The van der Waals surface area contributed by atoms with Gasteiger partial charge in [0.05, 0.1) is 0 Å². The van der Waals surface area contributed by atoms with Crippen molar-refractivity contribution in [2.75, 3.05) is 4.90 Å². The van der Waals surface area contributed by atoms with Gasteiger partial charge in [0.1, 0.15) is 0 Å². The van der Waals surface area contributed by atoms with Crippen molar-refractivity contribution in [1.29, 1.82) is 0 Å². The van der Waals surface area contributed by atoms with Crippen LogP contribution in [0.4, 0.5) is 17.1 Å². The van der Waals surface area contributed by atoms with E-state index in [-0.39, 0.29) is 5.78 Å². The van der Waals surface area contributed by atoms with Gasteiger partial charge in [-0.1, -0.05) is 133 Å². The van der Waals surface area contributed by atoms with Gasteiger partial charge >= 0.3 is 0 Å². The van der Waals surface area contributed by atoms with Gasteiger partial charge in [0, 0.05) is 44.9 Å². The Balaban J connectivity index is 1.22. The van der Waals surface area contributed by atoms with Crippen molar-refractivity contribution >= 4 is 22.8 Å². The molecular formula is C46H30N4O. The number of carbonyl (C=O) groups is 1. The van der Waals surface area contributed by atoms with Gasteiger partial charge in [-0.15, -0.1) is 0 Å². The highest BCUT2D eigenvalue weighted by molar-refractivity contribution is 6.09. The number of rotatable bonds is 4. The molecule has 10 bridgehead atoms. The van der Waals surface area contributed by atoms with E-state index in [9.17, 15) is 4.79 Å². The Morgan fingerprint density at radius 3 is 1.25 bits per heavy atom. The first kappa shape index (κ1) is 30.1. The normalized spacial score (nSPS) is 11.6. The molecule has 8 aromatic rings. The maximum Gasteiger partial charge on any atom is 0.193 e. The topological polar surface area (TPSA) is 59.0 Å². The minimum absolute atomic E-state index is 0.0269. The molecule has 0 N–H and O–H groups in total. The number of nitrogens with zero attached hydrogens (tertiary/aromatic N) is 4. The lowest BCUT2D eigenvalue weighted by molar-refractivity contribution is 0.103. The first-order valence-electron chi connectivity index (χ1n) is 16.9. The van der Waals surface area contributed by atoms with Crippen LogP contribution >= 0.6 is 0 Å². The van der Waals surface area contributed by atoms with Crippen molar-refractivity contribution in [3.05, 3.63) is 193 Å². The van der Waals surface area contributed by atoms with Crippen LogP contribution in [0.5, 0.6) is 0 Å². The third kappa shape index (κ3) is 5.87. The molecule has 1 aromatic heterocycles. The van der Waals surface area contributed by atoms with E-state index < -0.39 is 0 Å². The van der Waals surface area contributed by atoms with Crippen LogP contribution in [0.15, 0.2) is 182 Å². The molecule has 0 aliphatic carbocycles. The van der Waals surface area contributed by atoms with Crippen LogP contribution in [0, 0.1) is 0 Å². The number of aromatic nitrogens is 3. The number of fused-ring (bicyclic) bond motifs is 14. The number of hydrogen-bond donors (Lipinski definition) is 0. The predicted octanol–water partition coefficient (Wildman–Crippen LogP) is 11.2. The lowest BCUT2D eigenvalue weighted by Gasteiger charge is -2.26. The molecule has 2 heterocycles. The molecule has 1 aliphatic rings. The minimum atomic E-state index is -0.0269. The Bertz CT molecular complexity index is 2440. The zero-order valence-corrected chi connectivity index (χ0v) is 27.5. The third-order valence-corrected chi connectivity index (χ3v) is 9.21. The second kappa shape index (κ2) is 12.8. The van der Waals surface area contributed by atoms with Crippen LogP contribution in [0.1, 0.15) is 15.9 Å². The summed E-state index contributed by atoms with van der Waals surface area (Å²) >= 11 is 0. The van der Waals surface area contributed by atoms with Crippen LogP contribution in [0.3, 0.4) is 0 Å². The molecule has 1 aliphatic heterocycles. The summed E-state index contributed by atoms with van der Waals surface area (Å²) in [5, 5.41) is 0. The van der Waals surface area contributed by atoms with Crippen LogP contribution in [-0.4, -0.2) is 20.7 Å². The van der Waals surface area contributed by atoms with Gasteiger partial charge in [0.15, 0.2) is 23.3 Å². The number of para-hydroxylation sites is 1. The van der Waals surface area contributed by atoms with E-state index >= 15 is 0 Å². The highest BCUT2D eigenvalue weighted by atomic mass is 16.1. The van der Waals surface area contributed by atoms with E-state index in [1.165, 1.54) is 0 Å². The molecule has 0 saturated carbocycles. The Hall–Kier alpha value is -6.98. The van der Waals surface area contributed by atoms with Crippen molar-refractivity contribution in [2.45, 2.75) is 0 Å². The Labute approximate surface area is 296 Å². The minimum Gasteiger partial charge on any atom is -0.310 e. The molecule has 5 nitrogen and oxygen atoms in total. The number of hydrogen-bond acceptors (Lipinski definition) is 5. The lowest BCUT2D eigenvalue weighted by Crippen LogP contribution is -2.10. The van der Waals surface area contributed by atoms with Gasteiger partial charge in [-0.25, -0.2) is 15.0 Å². The maximum absolute atomic E-state index is 13.1. The fourth-order valence-corrected chi connectivity index (χ4v) is 6.64.